The van der Waals surface area contributed by atoms with Gasteiger partial charge in [0, 0.05) is 4.88 Å². The van der Waals surface area contributed by atoms with E-state index in [0.717, 1.165) is 35.4 Å². The van der Waals surface area contributed by atoms with Crippen molar-refractivity contribution in [3.8, 4) is 0 Å². The summed E-state index contributed by atoms with van der Waals surface area (Å²) in [6.07, 6.45) is 2.45. The lowest BCUT2D eigenvalue weighted by molar-refractivity contribution is 0.100. The highest BCUT2D eigenvalue weighted by atomic mass is 32.2. The van der Waals surface area contributed by atoms with Crippen LogP contribution in [0.2, 0.25) is 0 Å². The third kappa shape index (κ3) is 3.16. The van der Waals surface area contributed by atoms with E-state index < -0.39 is 21.7 Å². The van der Waals surface area contributed by atoms with Gasteiger partial charge in [0.25, 0.3) is 15.9 Å². The van der Waals surface area contributed by atoms with E-state index in [9.17, 15) is 17.6 Å². The number of hydrogen-bond acceptors (Lipinski definition) is 4. The molecule has 1 amide bonds. The molecule has 3 rings (SSSR count). The van der Waals surface area contributed by atoms with E-state index in [1.165, 1.54) is 23.5 Å². The highest BCUT2D eigenvalue weighted by molar-refractivity contribution is 7.93. The van der Waals surface area contributed by atoms with Crippen LogP contribution in [0, 0.1) is 11.7 Å². The maximum atomic E-state index is 13.0. The van der Waals surface area contributed by atoms with Crippen molar-refractivity contribution in [1.29, 1.82) is 0 Å². The fraction of sp³-hybridized carbons (Fsp3) is 0.312. The molecule has 128 valence electrons. The minimum Gasteiger partial charge on any atom is -0.365 e. The largest absolute Gasteiger partial charge is 0.365 e. The Morgan fingerprint density at radius 1 is 1.33 bits per heavy atom. The number of fused-ring (bicyclic) bond motifs is 1. The quantitative estimate of drug-likeness (QED) is 0.869. The van der Waals surface area contributed by atoms with Gasteiger partial charge in [-0.25, -0.2) is 12.8 Å². The van der Waals surface area contributed by atoms with Gasteiger partial charge >= 0.3 is 0 Å². The summed E-state index contributed by atoms with van der Waals surface area (Å²) < 4.78 is 40.4. The zero-order valence-electron chi connectivity index (χ0n) is 13.0. The molecular formula is C16H17FN2O3S2. The SMILES string of the molecule is C[C@H]1CCc2c(sc(NS(=O)(=O)c3ccc(F)cc3)c2C(N)=O)C1. The Kier molecular flexibility index (Phi) is 4.35. The molecule has 3 N–H and O–H groups in total. The summed E-state index contributed by atoms with van der Waals surface area (Å²) in [5.74, 6) is -0.676. The van der Waals surface area contributed by atoms with Gasteiger partial charge in [-0.3, -0.25) is 9.52 Å². The van der Waals surface area contributed by atoms with Crippen molar-refractivity contribution in [3.05, 3.63) is 46.1 Å². The van der Waals surface area contributed by atoms with E-state index in [1.807, 2.05) is 0 Å². The van der Waals surface area contributed by atoms with Crippen molar-refractivity contribution in [1.82, 2.24) is 0 Å². The Morgan fingerprint density at radius 2 is 2.00 bits per heavy atom. The van der Waals surface area contributed by atoms with E-state index in [0.29, 0.717) is 12.3 Å². The first kappa shape index (κ1) is 16.9. The third-order valence-electron chi connectivity index (χ3n) is 4.11. The van der Waals surface area contributed by atoms with Gasteiger partial charge in [-0.05, 0) is 55.0 Å². The monoisotopic (exact) mass is 368 g/mol. The van der Waals surface area contributed by atoms with Crippen LogP contribution in [0.5, 0.6) is 0 Å². The standard InChI is InChI=1S/C16H17FN2O3S2/c1-9-2-7-12-13(8-9)23-16(14(12)15(18)20)19-24(21,22)11-5-3-10(17)4-6-11/h3-6,9,19H,2,7-8H2,1H3,(H2,18,20)/t9-/m0/s1. The molecule has 1 aliphatic rings. The fourth-order valence-corrected chi connectivity index (χ4v) is 5.60. The number of hydrogen-bond donors (Lipinski definition) is 2. The second kappa shape index (κ2) is 6.18. The van der Waals surface area contributed by atoms with Gasteiger partial charge in [-0.2, -0.15) is 0 Å². The maximum Gasteiger partial charge on any atom is 0.262 e. The molecule has 0 radical (unpaired) electrons. The molecule has 1 aromatic heterocycles. The number of primary amides is 1. The van der Waals surface area contributed by atoms with Crippen LogP contribution >= 0.6 is 11.3 Å². The van der Waals surface area contributed by atoms with Gasteiger partial charge < -0.3 is 5.73 Å². The molecule has 0 saturated heterocycles. The van der Waals surface area contributed by atoms with Crippen molar-refractivity contribution in [3.63, 3.8) is 0 Å². The Balaban J connectivity index is 2.00. The van der Waals surface area contributed by atoms with E-state index >= 15 is 0 Å². The van der Waals surface area contributed by atoms with Crippen molar-refractivity contribution in [2.75, 3.05) is 4.72 Å². The number of sulfonamides is 1. The Bertz CT molecular complexity index is 889. The molecule has 1 heterocycles. The van der Waals surface area contributed by atoms with Crippen LogP contribution in [0.1, 0.15) is 34.1 Å². The summed E-state index contributed by atoms with van der Waals surface area (Å²) in [6.45, 7) is 2.12. The van der Waals surface area contributed by atoms with Crippen LogP contribution < -0.4 is 10.5 Å². The molecule has 0 fully saturated rings. The lowest BCUT2D eigenvalue weighted by Crippen LogP contribution is -2.19. The van der Waals surface area contributed by atoms with Crippen LogP contribution in [0.3, 0.4) is 0 Å². The highest BCUT2D eigenvalue weighted by Crippen LogP contribution is 2.40. The van der Waals surface area contributed by atoms with Gasteiger partial charge in [0.2, 0.25) is 0 Å². The zero-order chi connectivity index (χ0) is 17.5. The first-order valence-electron chi connectivity index (χ1n) is 7.50. The topological polar surface area (TPSA) is 89.3 Å². The summed E-state index contributed by atoms with van der Waals surface area (Å²) in [5.41, 5.74) is 6.58. The number of amides is 1. The number of thiophene rings is 1. The van der Waals surface area contributed by atoms with Gasteiger partial charge in [-0.1, -0.05) is 6.92 Å². The zero-order valence-corrected chi connectivity index (χ0v) is 14.6. The second-order valence-electron chi connectivity index (χ2n) is 5.98. The van der Waals surface area contributed by atoms with Crippen molar-refractivity contribution in [2.24, 2.45) is 11.7 Å². The summed E-state index contributed by atoms with van der Waals surface area (Å²) in [6, 6.07) is 4.50. The number of carbonyl (C=O) groups excluding carboxylic acids is 1. The second-order valence-corrected chi connectivity index (χ2v) is 8.77. The van der Waals surface area contributed by atoms with Crippen LogP contribution in [0.15, 0.2) is 29.2 Å². The molecule has 0 aliphatic heterocycles. The minimum atomic E-state index is -3.91. The summed E-state index contributed by atoms with van der Waals surface area (Å²) in [4.78, 5) is 12.8. The Hall–Kier alpha value is -1.93. The Labute approximate surface area is 143 Å². The van der Waals surface area contributed by atoms with Gasteiger partial charge in [0.05, 0.1) is 10.5 Å². The molecule has 0 saturated carbocycles. The minimum absolute atomic E-state index is 0.0703. The molecule has 1 aliphatic carbocycles. The van der Waals surface area contributed by atoms with Crippen molar-refractivity contribution in [2.45, 2.75) is 31.1 Å². The molecular weight excluding hydrogens is 351 g/mol. The predicted molar refractivity (Wildman–Crippen MR) is 91.2 cm³/mol. The Morgan fingerprint density at radius 3 is 2.62 bits per heavy atom. The third-order valence-corrected chi connectivity index (χ3v) is 6.77. The van der Waals surface area contributed by atoms with E-state index in [-0.39, 0.29) is 15.5 Å². The van der Waals surface area contributed by atoms with E-state index in [4.69, 9.17) is 5.73 Å². The number of halogens is 1. The molecule has 8 heteroatoms. The van der Waals surface area contributed by atoms with E-state index in [2.05, 4.69) is 11.6 Å². The number of nitrogens with two attached hydrogens (primary N) is 1. The normalized spacial score (nSPS) is 17.3. The molecule has 0 unspecified atom stereocenters. The summed E-state index contributed by atoms with van der Waals surface area (Å²) in [5, 5.41) is 0.242. The van der Waals surface area contributed by atoms with E-state index in [1.54, 1.807) is 0 Å². The average Bonchev–Trinajstić information content (AvgIpc) is 2.83. The molecule has 24 heavy (non-hydrogen) atoms. The maximum absolute atomic E-state index is 13.0. The van der Waals surface area contributed by atoms with Crippen LogP contribution in [-0.4, -0.2) is 14.3 Å². The number of nitrogens with one attached hydrogen (secondary N) is 1. The number of rotatable bonds is 4. The lowest BCUT2D eigenvalue weighted by Gasteiger charge is -2.18. The molecule has 0 spiro atoms. The summed E-state index contributed by atoms with van der Waals surface area (Å²) >= 11 is 1.25. The lowest BCUT2D eigenvalue weighted by atomic mass is 9.88. The number of carbonyl (C=O) groups is 1. The predicted octanol–water partition coefficient (Wildman–Crippen LogP) is 2.91. The van der Waals surface area contributed by atoms with Gasteiger partial charge in [0.15, 0.2) is 0 Å². The summed E-state index contributed by atoms with van der Waals surface area (Å²) in [7, 11) is -3.91. The average molecular weight is 368 g/mol. The number of benzene rings is 1. The van der Waals surface area contributed by atoms with Gasteiger partial charge in [0.1, 0.15) is 10.8 Å². The molecule has 0 bridgehead atoms. The first-order chi connectivity index (χ1) is 11.3. The molecule has 1 atom stereocenters. The van der Waals surface area contributed by atoms with Crippen LogP contribution in [-0.2, 0) is 22.9 Å². The van der Waals surface area contributed by atoms with Gasteiger partial charge in [-0.15, -0.1) is 11.3 Å². The van der Waals surface area contributed by atoms with Crippen molar-refractivity contribution < 1.29 is 17.6 Å². The van der Waals surface area contributed by atoms with Crippen LogP contribution in [0.25, 0.3) is 0 Å². The fourth-order valence-electron chi connectivity index (χ4n) is 2.88. The number of anilines is 1. The molecule has 1 aromatic carbocycles. The highest BCUT2D eigenvalue weighted by Gasteiger charge is 2.28. The molecule has 5 nitrogen and oxygen atoms in total. The first-order valence-corrected chi connectivity index (χ1v) is 9.80. The smallest absolute Gasteiger partial charge is 0.262 e. The van der Waals surface area contributed by atoms with Crippen molar-refractivity contribution >= 4 is 32.3 Å². The molecule has 2 aromatic rings. The van der Waals surface area contributed by atoms with Crippen LogP contribution in [0.4, 0.5) is 9.39 Å².